The van der Waals surface area contributed by atoms with E-state index in [-0.39, 0.29) is 18.4 Å². The monoisotopic (exact) mass is 280 g/mol. The number of hydrogen-bond donors (Lipinski definition) is 0. The van der Waals surface area contributed by atoms with Crippen molar-refractivity contribution >= 4 is 23.2 Å². The number of anilines is 2. The number of para-hydroxylation sites is 2. The fraction of sp³-hybridized carbons (Fsp3) is 0.176. The van der Waals surface area contributed by atoms with E-state index in [9.17, 15) is 9.59 Å². The molecule has 0 radical (unpaired) electrons. The normalized spacial score (nSPS) is 14.1. The molecular formula is C17H16N2O2. The van der Waals surface area contributed by atoms with Crippen LogP contribution in [0.25, 0.3) is 0 Å². The Hall–Kier alpha value is -2.62. The lowest BCUT2D eigenvalue weighted by Crippen LogP contribution is -2.46. The lowest BCUT2D eigenvalue weighted by Gasteiger charge is -2.34. The van der Waals surface area contributed by atoms with Crippen molar-refractivity contribution in [3.8, 4) is 0 Å². The summed E-state index contributed by atoms with van der Waals surface area (Å²) in [5, 5.41) is 0. The number of nitrogens with zero attached hydrogens (tertiary/aromatic N) is 2. The van der Waals surface area contributed by atoms with Crippen LogP contribution in [0.3, 0.4) is 0 Å². The Morgan fingerprint density at radius 3 is 2.29 bits per heavy atom. The molecule has 0 spiro atoms. The molecule has 0 fully saturated rings. The molecule has 1 aliphatic heterocycles. The summed E-state index contributed by atoms with van der Waals surface area (Å²) in [6.07, 6.45) is 0. The topological polar surface area (TPSA) is 40.6 Å². The van der Waals surface area contributed by atoms with Crippen molar-refractivity contribution in [1.29, 1.82) is 0 Å². The Balaban J connectivity index is 2.02. The van der Waals surface area contributed by atoms with Crippen LogP contribution in [0.15, 0.2) is 48.5 Å². The van der Waals surface area contributed by atoms with Crippen LogP contribution < -0.4 is 9.80 Å². The van der Waals surface area contributed by atoms with Crippen LogP contribution in [-0.2, 0) is 4.79 Å². The molecule has 0 saturated heterocycles. The van der Waals surface area contributed by atoms with E-state index in [0.29, 0.717) is 5.56 Å². The highest BCUT2D eigenvalue weighted by atomic mass is 16.2. The minimum atomic E-state index is -0.149. The summed E-state index contributed by atoms with van der Waals surface area (Å²) in [5.41, 5.74) is 3.22. The van der Waals surface area contributed by atoms with E-state index in [4.69, 9.17) is 0 Å². The first kappa shape index (κ1) is 13.4. The minimum Gasteiger partial charge on any atom is -0.312 e. The molecule has 0 bridgehead atoms. The summed E-state index contributed by atoms with van der Waals surface area (Å²) < 4.78 is 0. The smallest absolute Gasteiger partial charge is 0.258 e. The zero-order chi connectivity index (χ0) is 15.0. The van der Waals surface area contributed by atoms with Gasteiger partial charge in [0.2, 0.25) is 5.91 Å². The molecule has 0 atom stereocenters. The first-order valence-corrected chi connectivity index (χ1v) is 6.82. The van der Waals surface area contributed by atoms with E-state index in [0.717, 1.165) is 16.9 Å². The van der Waals surface area contributed by atoms with Crippen molar-refractivity contribution in [2.24, 2.45) is 0 Å². The molecule has 21 heavy (non-hydrogen) atoms. The highest BCUT2D eigenvalue weighted by molar-refractivity contribution is 6.15. The predicted molar refractivity (Wildman–Crippen MR) is 82.7 cm³/mol. The van der Waals surface area contributed by atoms with Gasteiger partial charge in [0.1, 0.15) is 6.54 Å². The third-order valence-electron chi connectivity index (χ3n) is 3.75. The molecule has 2 aromatic carbocycles. The molecule has 0 N–H and O–H groups in total. The first-order chi connectivity index (χ1) is 10.1. The number of carbonyl (C=O) groups excluding carboxylic acids is 2. The Morgan fingerprint density at radius 2 is 1.62 bits per heavy atom. The summed E-state index contributed by atoms with van der Waals surface area (Å²) >= 11 is 0. The summed E-state index contributed by atoms with van der Waals surface area (Å²) in [7, 11) is 1.73. The molecule has 1 heterocycles. The van der Waals surface area contributed by atoms with Crippen molar-refractivity contribution in [2.45, 2.75) is 6.92 Å². The molecule has 0 aliphatic carbocycles. The maximum Gasteiger partial charge on any atom is 0.258 e. The largest absolute Gasteiger partial charge is 0.312 e. The van der Waals surface area contributed by atoms with E-state index in [2.05, 4.69) is 0 Å². The lowest BCUT2D eigenvalue weighted by atomic mass is 10.1. The van der Waals surface area contributed by atoms with E-state index >= 15 is 0 Å². The Labute approximate surface area is 123 Å². The van der Waals surface area contributed by atoms with Crippen LogP contribution in [0.2, 0.25) is 0 Å². The van der Waals surface area contributed by atoms with Gasteiger partial charge in [0.15, 0.2) is 0 Å². The zero-order valence-corrected chi connectivity index (χ0v) is 12.0. The molecule has 4 nitrogen and oxygen atoms in total. The van der Waals surface area contributed by atoms with Crippen molar-refractivity contribution in [3.05, 3.63) is 59.7 Å². The van der Waals surface area contributed by atoms with E-state index in [1.165, 1.54) is 0 Å². The maximum absolute atomic E-state index is 12.7. The van der Waals surface area contributed by atoms with Crippen molar-refractivity contribution in [2.75, 3.05) is 23.4 Å². The van der Waals surface area contributed by atoms with Gasteiger partial charge in [-0.15, -0.1) is 0 Å². The number of rotatable bonds is 1. The van der Waals surface area contributed by atoms with Gasteiger partial charge in [-0.05, 0) is 31.2 Å². The minimum absolute atomic E-state index is 0.0697. The highest BCUT2D eigenvalue weighted by Gasteiger charge is 2.30. The third-order valence-corrected chi connectivity index (χ3v) is 3.75. The van der Waals surface area contributed by atoms with Crippen molar-refractivity contribution in [3.63, 3.8) is 0 Å². The van der Waals surface area contributed by atoms with Gasteiger partial charge < -0.3 is 4.90 Å². The van der Waals surface area contributed by atoms with Crippen molar-refractivity contribution in [1.82, 2.24) is 0 Å². The Kier molecular flexibility index (Phi) is 3.22. The van der Waals surface area contributed by atoms with Gasteiger partial charge in [-0.25, -0.2) is 0 Å². The first-order valence-electron chi connectivity index (χ1n) is 6.82. The predicted octanol–water partition coefficient (Wildman–Crippen LogP) is 2.62. The van der Waals surface area contributed by atoms with Gasteiger partial charge >= 0.3 is 0 Å². The second kappa shape index (κ2) is 5.05. The SMILES string of the molecule is Cc1ccc(C(=O)N2CC(=O)N(C)c3ccccc32)cc1. The number of aryl methyl sites for hydroxylation is 1. The number of fused-ring (bicyclic) bond motifs is 1. The molecule has 1 aliphatic rings. The van der Waals surface area contributed by atoms with Crippen LogP contribution in [0.1, 0.15) is 15.9 Å². The molecular weight excluding hydrogens is 264 g/mol. The summed E-state index contributed by atoms with van der Waals surface area (Å²) in [6.45, 7) is 2.04. The van der Waals surface area contributed by atoms with Crippen LogP contribution in [0.5, 0.6) is 0 Å². The lowest BCUT2D eigenvalue weighted by molar-refractivity contribution is -0.117. The zero-order valence-electron chi connectivity index (χ0n) is 12.0. The molecule has 2 aromatic rings. The Bertz CT molecular complexity index is 707. The molecule has 4 heteroatoms. The Morgan fingerprint density at radius 1 is 1.00 bits per heavy atom. The van der Waals surface area contributed by atoms with Crippen LogP contribution >= 0.6 is 0 Å². The van der Waals surface area contributed by atoms with Crippen LogP contribution in [0.4, 0.5) is 11.4 Å². The average Bonchev–Trinajstić information content (AvgIpc) is 2.51. The number of hydrogen-bond acceptors (Lipinski definition) is 2. The number of amides is 2. The molecule has 0 aromatic heterocycles. The number of likely N-dealkylation sites (N-methyl/N-ethyl adjacent to an activating group) is 1. The molecule has 0 saturated carbocycles. The highest BCUT2D eigenvalue weighted by Crippen LogP contribution is 2.33. The fourth-order valence-electron chi connectivity index (χ4n) is 2.47. The fourth-order valence-corrected chi connectivity index (χ4v) is 2.47. The van der Waals surface area contributed by atoms with Gasteiger partial charge in [-0.1, -0.05) is 29.8 Å². The van der Waals surface area contributed by atoms with E-state index in [1.807, 2.05) is 43.3 Å². The van der Waals surface area contributed by atoms with Gasteiger partial charge in [0, 0.05) is 12.6 Å². The summed E-state index contributed by atoms with van der Waals surface area (Å²) in [6, 6.07) is 14.8. The van der Waals surface area contributed by atoms with Gasteiger partial charge in [0.05, 0.1) is 11.4 Å². The summed E-state index contributed by atoms with van der Waals surface area (Å²) in [5.74, 6) is -0.238. The average molecular weight is 280 g/mol. The van der Waals surface area contributed by atoms with Crippen LogP contribution in [0, 0.1) is 6.92 Å². The molecule has 2 amide bonds. The number of benzene rings is 2. The molecule has 0 unspecified atom stereocenters. The van der Waals surface area contributed by atoms with Gasteiger partial charge in [0.25, 0.3) is 5.91 Å². The van der Waals surface area contributed by atoms with Crippen LogP contribution in [-0.4, -0.2) is 25.4 Å². The number of carbonyl (C=O) groups is 2. The standard InChI is InChI=1S/C17H16N2O2/c1-12-7-9-13(10-8-12)17(21)19-11-16(20)18(2)14-5-3-4-6-15(14)19/h3-10H,11H2,1-2H3. The van der Waals surface area contributed by atoms with Gasteiger partial charge in [-0.2, -0.15) is 0 Å². The second-order valence-corrected chi connectivity index (χ2v) is 5.20. The summed E-state index contributed by atoms with van der Waals surface area (Å²) in [4.78, 5) is 27.9. The van der Waals surface area contributed by atoms with Crippen molar-refractivity contribution < 1.29 is 9.59 Å². The molecule has 3 rings (SSSR count). The quantitative estimate of drug-likeness (QED) is 0.805. The third kappa shape index (κ3) is 2.29. The second-order valence-electron chi connectivity index (χ2n) is 5.20. The molecule has 106 valence electrons. The maximum atomic E-state index is 12.7. The van der Waals surface area contributed by atoms with E-state index in [1.54, 1.807) is 29.0 Å². The van der Waals surface area contributed by atoms with E-state index < -0.39 is 0 Å². The van der Waals surface area contributed by atoms with Gasteiger partial charge in [-0.3, -0.25) is 14.5 Å².